The molecule has 0 radical (unpaired) electrons. The smallest absolute Gasteiger partial charge is 0.314 e. The molecule has 1 fully saturated rings. The van der Waals surface area contributed by atoms with E-state index in [0.29, 0.717) is 18.1 Å². The molecule has 5 N–H and O–H groups in total. The van der Waals surface area contributed by atoms with Gasteiger partial charge in [0.1, 0.15) is 5.82 Å². The van der Waals surface area contributed by atoms with Crippen molar-refractivity contribution in [1.82, 2.24) is 20.6 Å². The number of urea groups is 1. The van der Waals surface area contributed by atoms with E-state index >= 15 is 0 Å². The first-order chi connectivity index (χ1) is 15.1. The molecule has 0 bridgehead atoms. The zero-order valence-corrected chi connectivity index (χ0v) is 18.9. The molecule has 2 heterocycles. The van der Waals surface area contributed by atoms with Gasteiger partial charge in [-0.1, -0.05) is 0 Å². The van der Waals surface area contributed by atoms with Crippen LogP contribution in [-0.4, -0.2) is 62.3 Å². The molecule has 0 aliphatic carbocycles. The van der Waals surface area contributed by atoms with Crippen LogP contribution >= 0.6 is 0 Å². The fraction of sp³-hybridized carbons (Fsp3) is 0.400. The zero-order valence-electron chi connectivity index (χ0n) is 18.1. The minimum atomic E-state index is -3.33. The van der Waals surface area contributed by atoms with E-state index in [0.717, 1.165) is 19.1 Å². The number of nitrogens with zero attached hydrogens (tertiary/aromatic N) is 3. The van der Waals surface area contributed by atoms with Crippen LogP contribution in [0.2, 0.25) is 0 Å². The van der Waals surface area contributed by atoms with Crippen LogP contribution in [0.4, 0.5) is 22.1 Å². The number of benzene rings is 1. The van der Waals surface area contributed by atoms with E-state index in [2.05, 4.69) is 25.9 Å². The Hall–Kier alpha value is -3.41. The molecule has 11 nitrogen and oxygen atoms in total. The third kappa shape index (κ3) is 5.25. The van der Waals surface area contributed by atoms with Gasteiger partial charge in [-0.2, -0.15) is 0 Å². The molecule has 1 aliphatic heterocycles. The van der Waals surface area contributed by atoms with Crippen molar-refractivity contribution in [2.24, 2.45) is 5.73 Å². The van der Waals surface area contributed by atoms with Crippen molar-refractivity contribution in [2.45, 2.75) is 36.7 Å². The van der Waals surface area contributed by atoms with Gasteiger partial charge in [0.05, 0.1) is 17.1 Å². The summed E-state index contributed by atoms with van der Waals surface area (Å²) in [6, 6.07) is 5.67. The number of carbonyl (C=O) groups is 2. The largest absolute Gasteiger partial charge is 0.364 e. The third-order valence-corrected chi connectivity index (χ3v) is 6.49. The maximum atomic E-state index is 11.9. The number of carbonyl (C=O) groups excluding carboxylic acids is 2. The number of amides is 3. The first kappa shape index (κ1) is 23.3. The predicted octanol–water partition coefficient (Wildman–Crippen LogP) is 1.01. The van der Waals surface area contributed by atoms with Crippen LogP contribution in [0.5, 0.6) is 0 Å². The first-order valence-corrected chi connectivity index (χ1v) is 12.0. The Morgan fingerprint density at radius 1 is 1.22 bits per heavy atom. The Balaban J connectivity index is 1.89. The van der Waals surface area contributed by atoms with Crippen LogP contribution in [0.1, 0.15) is 30.3 Å². The summed E-state index contributed by atoms with van der Waals surface area (Å²) in [5.74, 6) is -0.0537. The predicted molar refractivity (Wildman–Crippen MR) is 121 cm³/mol. The lowest BCUT2D eigenvalue weighted by Gasteiger charge is -2.40. The van der Waals surface area contributed by atoms with Crippen LogP contribution in [0, 0.1) is 0 Å². The number of primary amides is 1. The summed E-state index contributed by atoms with van der Waals surface area (Å²) >= 11 is 0. The van der Waals surface area contributed by atoms with Crippen molar-refractivity contribution in [3.8, 4) is 0 Å². The topological polar surface area (TPSA) is 159 Å². The van der Waals surface area contributed by atoms with Crippen molar-refractivity contribution in [3.05, 3.63) is 36.2 Å². The maximum absolute atomic E-state index is 11.9. The number of piperidine rings is 1. The molecule has 0 saturated carbocycles. The number of rotatable bonds is 6. The molecule has 0 spiro atoms. The van der Waals surface area contributed by atoms with Crippen LogP contribution in [0.15, 0.2) is 35.4 Å². The Kier molecular flexibility index (Phi) is 6.82. The number of hydrogen-bond acceptors (Lipinski definition) is 8. The van der Waals surface area contributed by atoms with Crippen molar-refractivity contribution in [3.63, 3.8) is 0 Å². The monoisotopic (exact) mass is 461 g/mol. The van der Waals surface area contributed by atoms with E-state index in [1.807, 2.05) is 11.8 Å². The molecule has 12 heteroatoms. The molecule has 32 heavy (non-hydrogen) atoms. The summed E-state index contributed by atoms with van der Waals surface area (Å²) < 4.78 is 23.3. The highest BCUT2D eigenvalue weighted by Crippen LogP contribution is 2.27. The zero-order chi connectivity index (χ0) is 23.5. The van der Waals surface area contributed by atoms with Gasteiger partial charge in [0.25, 0.3) is 5.91 Å². The van der Waals surface area contributed by atoms with E-state index < -0.39 is 15.7 Å². The van der Waals surface area contributed by atoms with Gasteiger partial charge < -0.3 is 26.6 Å². The van der Waals surface area contributed by atoms with Gasteiger partial charge in [0.2, 0.25) is 0 Å². The molecular formula is C20H27N7O4S. The van der Waals surface area contributed by atoms with Gasteiger partial charge in [-0.15, -0.1) is 0 Å². The molecule has 172 valence electrons. The minimum absolute atomic E-state index is 0.0364. The van der Waals surface area contributed by atoms with Crippen molar-refractivity contribution >= 4 is 39.1 Å². The molecule has 2 atom stereocenters. The van der Waals surface area contributed by atoms with E-state index in [9.17, 15) is 18.0 Å². The van der Waals surface area contributed by atoms with Crippen molar-refractivity contribution < 1.29 is 18.0 Å². The Labute approximate surface area is 186 Å². The Bertz CT molecular complexity index is 1110. The minimum Gasteiger partial charge on any atom is -0.364 e. The van der Waals surface area contributed by atoms with E-state index in [-0.39, 0.29) is 34.5 Å². The molecule has 1 aliphatic rings. The summed E-state index contributed by atoms with van der Waals surface area (Å²) in [5.41, 5.74) is 5.96. The highest BCUT2D eigenvalue weighted by molar-refractivity contribution is 7.90. The fourth-order valence-corrected chi connectivity index (χ4v) is 4.24. The highest BCUT2D eigenvalue weighted by atomic mass is 32.2. The number of nitrogens with two attached hydrogens (primary N) is 1. The highest BCUT2D eigenvalue weighted by Gasteiger charge is 2.30. The fourth-order valence-electron chi connectivity index (χ4n) is 3.61. The quantitative estimate of drug-likeness (QED) is 0.496. The lowest BCUT2D eigenvalue weighted by atomic mass is 9.97. The number of anilines is 3. The molecule has 3 amide bonds. The van der Waals surface area contributed by atoms with E-state index in [1.165, 1.54) is 18.3 Å². The Morgan fingerprint density at radius 3 is 2.50 bits per heavy atom. The number of hydrogen-bond donors (Lipinski definition) is 4. The summed E-state index contributed by atoms with van der Waals surface area (Å²) in [6.45, 7) is 2.70. The van der Waals surface area contributed by atoms with Crippen LogP contribution in [0.25, 0.3) is 0 Å². The lowest BCUT2D eigenvalue weighted by molar-refractivity contribution is 0.0996. The molecular weight excluding hydrogens is 434 g/mol. The van der Waals surface area contributed by atoms with Crippen LogP contribution in [-0.2, 0) is 9.84 Å². The van der Waals surface area contributed by atoms with Gasteiger partial charge in [0, 0.05) is 31.6 Å². The van der Waals surface area contributed by atoms with Gasteiger partial charge in [-0.05, 0) is 44.0 Å². The molecule has 1 aromatic heterocycles. The Morgan fingerprint density at radius 2 is 1.91 bits per heavy atom. The summed E-state index contributed by atoms with van der Waals surface area (Å²) in [7, 11) is -1.76. The van der Waals surface area contributed by atoms with Crippen molar-refractivity contribution in [2.75, 3.05) is 30.1 Å². The van der Waals surface area contributed by atoms with Gasteiger partial charge in [-0.3, -0.25) is 4.79 Å². The van der Waals surface area contributed by atoms with Gasteiger partial charge in [0.15, 0.2) is 21.3 Å². The second-order valence-electron chi connectivity index (χ2n) is 7.62. The normalized spacial score (nSPS) is 18.7. The average Bonchev–Trinajstić information content (AvgIpc) is 2.74. The SMILES string of the molecule is CNC(=O)N[C@@H]1CCCN(c2cnc(C(N)=O)c(Nc3ccc(S(C)(=O)=O)cc3)n2)[C@@H]1C. The van der Waals surface area contributed by atoms with Crippen LogP contribution in [0.3, 0.4) is 0 Å². The molecule has 1 aromatic carbocycles. The standard InChI is InChI=1S/C20H27N7O4S/c1-12-15(25-20(29)22-2)5-4-10-27(12)16-11-23-17(18(21)28)19(26-16)24-13-6-8-14(9-7-13)32(3,30)31/h6-9,11-12,15H,4-5,10H2,1-3H3,(H2,21,28)(H,24,26)(H2,22,25,29)/t12-,15-/m1/s1. The van der Waals surface area contributed by atoms with E-state index in [1.54, 1.807) is 19.2 Å². The summed E-state index contributed by atoms with van der Waals surface area (Å²) in [6.07, 6.45) is 4.28. The van der Waals surface area contributed by atoms with Gasteiger partial charge in [-0.25, -0.2) is 23.2 Å². The second kappa shape index (κ2) is 9.39. The average molecular weight is 462 g/mol. The molecule has 3 rings (SSSR count). The van der Waals surface area contributed by atoms with Crippen molar-refractivity contribution in [1.29, 1.82) is 0 Å². The van der Waals surface area contributed by atoms with Crippen LogP contribution < -0.4 is 26.6 Å². The second-order valence-corrected chi connectivity index (χ2v) is 9.63. The first-order valence-electron chi connectivity index (χ1n) is 10.1. The van der Waals surface area contributed by atoms with E-state index in [4.69, 9.17) is 5.73 Å². The molecule has 0 unspecified atom stereocenters. The number of aromatic nitrogens is 2. The maximum Gasteiger partial charge on any atom is 0.314 e. The number of nitrogens with one attached hydrogen (secondary N) is 3. The molecule has 2 aromatic rings. The lowest BCUT2D eigenvalue weighted by Crippen LogP contribution is -2.55. The van der Waals surface area contributed by atoms with Gasteiger partial charge >= 0.3 is 6.03 Å². The number of sulfone groups is 1. The summed E-state index contributed by atoms with van der Waals surface area (Å²) in [5, 5.41) is 8.51. The third-order valence-electron chi connectivity index (χ3n) is 5.36. The molecule has 1 saturated heterocycles. The summed E-state index contributed by atoms with van der Waals surface area (Å²) in [4.78, 5) is 34.6.